The van der Waals surface area contributed by atoms with Crippen LogP contribution < -0.4 is 0 Å². The summed E-state index contributed by atoms with van der Waals surface area (Å²) in [7, 11) is 1.23. The van der Waals surface area contributed by atoms with Gasteiger partial charge in [-0.1, -0.05) is 23.2 Å². The average Bonchev–Trinajstić information content (AvgIpc) is 2.92. The first-order chi connectivity index (χ1) is 12.6. The first-order valence-electron chi connectivity index (χ1n) is 7.73. The summed E-state index contributed by atoms with van der Waals surface area (Å²) in [5.74, 6) is -0.616. The van der Waals surface area contributed by atoms with Gasteiger partial charge in [0.2, 0.25) is 0 Å². The fraction of sp³-hybridized carbons (Fsp3) is 0.222. The molecule has 0 saturated heterocycles. The highest BCUT2D eigenvalue weighted by molar-refractivity contribution is 6.38. The van der Waals surface area contributed by atoms with Gasteiger partial charge in [0.05, 0.1) is 41.0 Å². The first-order valence-corrected chi connectivity index (χ1v) is 8.48. The summed E-state index contributed by atoms with van der Waals surface area (Å²) in [5.41, 5.74) is 0.751. The van der Waals surface area contributed by atoms with Crippen molar-refractivity contribution >= 4 is 40.1 Å². The monoisotopic (exact) mass is 416 g/mol. The molecule has 0 radical (unpaired) electrons. The average molecular weight is 417 g/mol. The van der Waals surface area contributed by atoms with Crippen molar-refractivity contribution in [3.63, 3.8) is 0 Å². The summed E-state index contributed by atoms with van der Waals surface area (Å²) in [6.45, 7) is 1.70. The number of ether oxygens (including phenoxy) is 1. The minimum absolute atomic E-state index is 0.0816. The van der Waals surface area contributed by atoms with Crippen molar-refractivity contribution in [1.29, 1.82) is 0 Å². The standard InChI is InChI=1S/C18H13Cl2F3N2O2/c1-9-12-7-10(18(21,22)23)3-6-15(12)25(24-9)8-13-14(19)5-4-11(16(13)20)17(26)27-2/h3-7H,8H2,1-2H3. The Morgan fingerprint density at radius 3 is 2.56 bits per heavy atom. The molecule has 0 N–H and O–H groups in total. The molecular weight excluding hydrogens is 404 g/mol. The summed E-state index contributed by atoms with van der Waals surface area (Å²) in [6, 6.07) is 6.36. The number of benzene rings is 2. The summed E-state index contributed by atoms with van der Waals surface area (Å²) >= 11 is 12.5. The smallest absolute Gasteiger partial charge is 0.416 e. The fourth-order valence-electron chi connectivity index (χ4n) is 2.80. The summed E-state index contributed by atoms with van der Waals surface area (Å²) in [5, 5.41) is 5.10. The molecule has 0 unspecified atom stereocenters. The molecule has 3 aromatic rings. The Kier molecular flexibility index (Phi) is 5.10. The third-order valence-corrected chi connectivity index (χ3v) is 4.95. The molecule has 142 valence electrons. The van der Waals surface area contributed by atoms with Gasteiger partial charge in [-0.2, -0.15) is 18.3 Å². The number of hydrogen-bond acceptors (Lipinski definition) is 3. The number of aromatic nitrogens is 2. The molecule has 0 fully saturated rings. The Balaban J connectivity index is 2.09. The fourth-order valence-corrected chi connectivity index (χ4v) is 3.36. The number of esters is 1. The molecule has 27 heavy (non-hydrogen) atoms. The quantitative estimate of drug-likeness (QED) is 0.529. The highest BCUT2D eigenvalue weighted by Gasteiger charge is 2.31. The molecule has 0 aliphatic heterocycles. The lowest BCUT2D eigenvalue weighted by molar-refractivity contribution is -0.137. The number of methoxy groups -OCH3 is 1. The van der Waals surface area contributed by atoms with Gasteiger partial charge in [-0.05, 0) is 37.3 Å². The second-order valence-corrected chi connectivity index (χ2v) is 6.64. The van der Waals surface area contributed by atoms with Crippen LogP contribution in [0.4, 0.5) is 13.2 Å². The zero-order valence-electron chi connectivity index (χ0n) is 14.2. The summed E-state index contributed by atoms with van der Waals surface area (Å²) < 4.78 is 45.0. The normalized spacial score (nSPS) is 11.8. The van der Waals surface area contributed by atoms with Crippen molar-refractivity contribution in [2.45, 2.75) is 19.6 Å². The van der Waals surface area contributed by atoms with Crippen LogP contribution in [0.25, 0.3) is 10.9 Å². The highest BCUT2D eigenvalue weighted by atomic mass is 35.5. The van der Waals surface area contributed by atoms with E-state index in [9.17, 15) is 18.0 Å². The number of carbonyl (C=O) groups is 1. The molecule has 0 bridgehead atoms. The molecule has 4 nitrogen and oxygen atoms in total. The molecule has 9 heteroatoms. The Labute approximate surface area is 162 Å². The number of halogens is 5. The van der Waals surface area contributed by atoms with Crippen molar-refractivity contribution in [3.05, 3.63) is 62.8 Å². The number of hydrogen-bond donors (Lipinski definition) is 0. The van der Waals surface area contributed by atoms with Crippen molar-refractivity contribution < 1.29 is 22.7 Å². The van der Waals surface area contributed by atoms with Gasteiger partial charge >= 0.3 is 12.1 Å². The number of rotatable bonds is 3. The molecule has 3 rings (SSSR count). The van der Waals surface area contributed by atoms with Gasteiger partial charge in [-0.3, -0.25) is 4.68 Å². The third kappa shape index (κ3) is 3.61. The van der Waals surface area contributed by atoms with E-state index in [1.165, 1.54) is 30.0 Å². The maximum Gasteiger partial charge on any atom is 0.416 e. The molecule has 0 aliphatic rings. The van der Waals surface area contributed by atoms with Crippen LogP contribution in [0.3, 0.4) is 0 Å². The lowest BCUT2D eigenvalue weighted by Gasteiger charge is -2.12. The summed E-state index contributed by atoms with van der Waals surface area (Å²) in [6.07, 6.45) is -4.44. The van der Waals surface area contributed by atoms with Crippen molar-refractivity contribution in [2.75, 3.05) is 7.11 Å². The highest BCUT2D eigenvalue weighted by Crippen LogP contribution is 2.34. The van der Waals surface area contributed by atoms with Crippen molar-refractivity contribution in [1.82, 2.24) is 9.78 Å². The van der Waals surface area contributed by atoms with E-state index in [-0.39, 0.29) is 17.1 Å². The largest absolute Gasteiger partial charge is 0.465 e. The molecule has 1 aromatic heterocycles. The Morgan fingerprint density at radius 1 is 1.22 bits per heavy atom. The SMILES string of the molecule is COC(=O)c1ccc(Cl)c(Cn2nc(C)c3cc(C(F)(F)F)ccc32)c1Cl. The van der Waals surface area contributed by atoms with E-state index >= 15 is 0 Å². The molecule has 0 atom stereocenters. The predicted octanol–water partition coefficient (Wildman–Crippen LogP) is 5.51. The van der Waals surface area contributed by atoms with Gasteiger partial charge in [0.25, 0.3) is 0 Å². The molecule has 0 aliphatic carbocycles. The summed E-state index contributed by atoms with van der Waals surface area (Å²) in [4.78, 5) is 11.8. The van der Waals surface area contributed by atoms with E-state index in [1.807, 2.05) is 0 Å². The first kappa shape index (κ1) is 19.5. The second-order valence-electron chi connectivity index (χ2n) is 5.85. The third-order valence-electron chi connectivity index (χ3n) is 4.16. The van der Waals surface area contributed by atoms with Gasteiger partial charge in [-0.25, -0.2) is 4.79 Å². The lowest BCUT2D eigenvalue weighted by atomic mass is 10.1. The van der Waals surface area contributed by atoms with E-state index in [4.69, 9.17) is 23.2 Å². The molecule has 1 heterocycles. The van der Waals surface area contributed by atoms with Gasteiger partial charge in [0, 0.05) is 16.0 Å². The molecular formula is C18H13Cl2F3N2O2. The van der Waals surface area contributed by atoms with Gasteiger partial charge < -0.3 is 4.74 Å². The maximum atomic E-state index is 13.0. The van der Waals surface area contributed by atoms with Crippen molar-refractivity contribution in [2.24, 2.45) is 0 Å². The number of aryl methyl sites for hydroxylation is 1. The number of fused-ring (bicyclic) bond motifs is 1. The minimum atomic E-state index is -4.44. The zero-order chi connectivity index (χ0) is 19.9. The Bertz CT molecular complexity index is 1050. The van der Waals surface area contributed by atoms with Crippen LogP contribution in [0.15, 0.2) is 30.3 Å². The van der Waals surface area contributed by atoms with E-state index in [2.05, 4.69) is 9.84 Å². The van der Waals surface area contributed by atoms with Gasteiger partial charge in [0.15, 0.2) is 0 Å². The van der Waals surface area contributed by atoms with Crippen LogP contribution in [0.1, 0.15) is 27.2 Å². The van der Waals surface area contributed by atoms with Crippen LogP contribution in [0.2, 0.25) is 10.0 Å². The number of carbonyl (C=O) groups excluding carboxylic acids is 1. The van der Waals surface area contributed by atoms with Crippen LogP contribution in [0.5, 0.6) is 0 Å². The molecule has 2 aromatic carbocycles. The Morgan fingerprint density at radius 2 is 1.93 bits per heavy atom. The van der Waals surface area contributed by atoms with Crippen LogP contribution in [-0.4, -0.2) is 22.9 Å². The van der Waals surface area contributed by atoms with Gasteiger partial charge in [0.1, 0.15) is 0 Å². The molecule has 0 amide bonds. The van der Waals surface area contributed by atoms with E-state index in [1.54, 1.807) is 6.92 Å². The number of nitrogens with zero attached hydrogens (tertiary/aromatic N) is 2. The Hall–Kier alpha value is -2.25. The number of alkyl halides is 3. The zero-order valence-corrected chi connectivity index (χ0v) is 15.7. The van der Waals surface area contributed by atoms with Gasteiger partial charge in [-0.15, -0.1) is 0 Å². The van der Waals surface area contributed by atoms with Crippen LogP contribution in [-0.2, 0) is 17.5 Å². The van der Waals surface area contributed by atoms with Crippen molar-refractivity contribution in [3.8, 4) is 0 Å². The van der Waals surface area contributed by atoms with Crippen LogP contribution >= 0.6 is 23.2 Å². The van der Waals surface area contributed by atoms with Crippen LogP contribution in [0, 0.1) is 6.92 Å². The van der Waals surface area contributed by atoms with E-state index in [0.717, 1.165) is 12.1 Å². The molecule has 0 spiro atoms. The van der Waals surface area contributed by atoms with E-state index < -0.39 is 17.7 Å². The lowest BCUT2D eigenvalue weighted by Crippen LogP contribution is -2.08. The van der Waals surface area contributed by atoms with E-state index in [0.29, 0.717) is 27.2 Å². The topological polar surface area (TPSA) is 44.1 Å². The maximum absolute atomic E-state index is 13.0. The predicted molar refractivity (Wildman–Crippen MR) is 96.4 cm³/mol. The molecule has 0 saturated carbocycles. The second kappa shape index (κ2) is 7.05. The minimum Gasteiger partial charge on any atom is -0.465 e.